The third-order valence-corrected chi connectivity index (χ3v) is 4.03. The highest BCUT2D eigenvalue weighted by Crippen LogP contribution is 2.08. The van der Waals surface area contributed by atoms with Gasteiger partial charge in [-0.3, -0.25) is 14.4 Å². The molecular formula is C16H17N3O3S. The highest BCUT2D eigenvalue weighted by Gasteiger charge is 2.16. The number of benzene rings is 1. The topological polar surface area (TPSA) is 101 Å². The number of carbonyl (C=O) groups is 3. The lowest BCUT2D eigenvalue weighted by Crippen LogP contribution is -2.44. The van der Waals surface area contributed by atoms with Gasteiger partial charge in [0.15, 0.2) is 0 Å². The lowest BCUT2D eigenvalue weighted by molar-refractivity contribution is -0.122. The Morgan fingerprint density at radius 1 is 1.22 bits per heavy atom. The molecule has 6 nitrogen and oxygen atoms in total. The monoisotopic (exact) mass is 331 g/mol. The molecule has 1 aromatic heterocycles. The Labute approximate surface area is 137 Å². The van der Waals surface area contributed by atoms with E-state index in [9.17, 15) is 14.4 Å². The zero-order valence-corrected chi connectivity index (χ0v) is 13.4. The number of nitrogens with two attached hydrogens (primary N) is 1. The molecule has 0 aliphatic rings. The average Bonchev–Trinajstić information content (AvgIpc) is 3.07. The molecule has 0 aliphatic carbocycles. The van der Waals surface area contributed by atoms with Crippen molar-refractivity contribution < 1.29 is 14.4 Å². The van der Waals surface area contributed by atoms with Crippen LogP contribution < -0.4 is 16.4 Å². The molecule has 0 radical (unpaired) electrons. The van der Waals surface area contributed by atoms with Crippen molar-refractivity contribution in [2.45, 2.75) is 19.5 Å². The van der Waals surface area contributed by atoms with Crippen LogP contribution >= 0.6 is 11.3 Å². The second-order valence-corrected chi connectivity index (χ2v) is 5.90. The van der Waals surface area contributed by atoms with Crippen LogP contribution in [0.25, 0.3) is 0 Å². The van der Waals surface area contributed by atoms with Gasteiger partial charge < -0.3 is 16.4 Å². The van der Waals surface area contributed by atoms with E-state index in [1.807, 2.05) is 0 Å². The number of amides is 3. The molecule has 0 saturated carbocycles. The van der Waals surface area contributed by atoms with Crippen LogP contribution in [-0.4, -0.2) is 23.8 Å². The normalized spacial score (nSPS) is 11.5. The van der Waals surface area contributed by atoms with Gasteiger partial charge in [0.25, 0.3) is 5.91 Å². The zero-order chi connectivity index (χ0) is 16.8. The van der Waals surface area contributed by atoms with E-state index in [2.05, 4.69) is 10.6 Å². The molecule has 1 heterocycles. The van der Waals surface area contributed by atoms with E-state index < -0.39 is 11.9 Å². The Kier molecular flexibility index (Phi) is 5.48. The molecule has 120 valence electrons. The van der Waals surface area contributed by atoms with E-state index >= 15 is 0 Å². The summed E-state index contributed by atoms with van der Waals surface area (Å²) in [4.78, 5) is 35.6. The van der Waals surface area contributed by atoms with Gasteiger partial charge in [-0.1, -0.05) is 18.2 Å². The minimum absolute atomic E-state index is 0.249. The molecule has 2 rings (SSSR count). The molecule has 4 N–H and O–H groups in total. The van der Waals surface area contributed by atoms with Crippen molar-refractivity contribution >= 4 is 29.1 Å². The zero-order valence-electron chi connectivity index (χ0n) is 12.5. The van der Waals surface area contributed by atoms with Crippen LogP contribution in [0, 0.1) is 0 Å². The Morgan fingerprint density at radius 2 is 2.00 bits per heavy atom. The summed E-state index contributed by atoms with van der Waals surface area (Å²) in [6, 6.07) is 9.51. The summed E-state index contributed by atoms with van der Waals surface area (Å²) in [5, 5.41) is 7.14. The van der Waals surface area contributed by atoms with E-state index in [-0.39, 0.29) is 18.4 Å². The lowest BCUT2D eigenvalue weighted by Gasteiger charge is -2.13. The van der Waals surface area contributed by atoms with Gasteiger partial charge in [0, 0.05) is 12.1 Å². The summed E-state index contributed by atoms with van der Waals surface area (Å²) < 4.78 is 0. The first-order chi connectivity index (χ1) is 11.0. The van der Waals surface area contributed by atoms with E-state index in [0.717, 1.165) is 5.56 Å². The summed E-state index contributed by atoms with van der Waals surface area (Å²) in [5.41, 5.74) is 6.36. The van der Waals surface area contributed by atoms with E-state index in [0.29, 0.717) is 10.4 Å². The van der Waals surface area contributed by atoms with Crippen molar-refractivity contribution in [3.8, 4) is 0 Å². The van der Waals surface area contributed by atoms with Gasteiger partial charge in [-0.25, -0.2) is 0 Å². The molecule has 7 heteroatoms. The predicted octanol–water partition coefficient (Wildman–Crippen LogP) is 1.28. The lowest BCUT2D eigenvalue weighted by atomic mass is 10.1. The molecule has 0 bridgehead atoms. The highest BCUT2D eigenvalue weighted by molar-refractivity contribution is 7.12. The van der Waals surface area contributed by atoms with Crippen LogP contribution in [0.3, 0.4) is 0 Å². The van der Waals surface area contributed by atoms with Gasteiger partial charge in [0.2, 0.25) is 11.8 Å². The molecule has 1 aromatic carbocycles. The molecule has 1 unspecified atom stereocenters. The molecule has 0 saturated heterocycles. The summed E-state index contributed by atoms with van der Waals surface area (Å²) in [7, 11) is 0. The van der Waals surface area contributed by atoms with Crippen LogP contribution in [0.5, 0.6) is 0 Å². The smallest absolute Gasteiger partial charge is 0.261 e. The molecule has 23 heavy (non-hydrogen) atoms. The third-order valence-electron chi connectivity index (χ3n) is 3.16. The first kappa shape index (κ1) is 16.7. The van der Waals surface area contributed by atoms with Crippen LogP contribution in [0.1, 0.15) is 32.5 Å². The van der Waals surface area contributed by atoms with E-state index in [1.54, 1.807) is 48.7 Å². The number of thiophene rings is 1. The number of hydrogen-bond donors (Lipinski definition) is 3. The summed E-state index contributed by atoms with van der Waals surface area (Å²) in [6.45, 7) is 1.86. The van der Waals surface area contributed by atoms with Gasteiger partial charge in [0.1, 0.15) is 6.04 Å². The van der Waals surface area contributed by atoms with Crippen molar-refractivity contribution in [3.05, 3.63) is 57.8 Å². The maximum absolute atomic E-state index is 12.0. The Balaban J connectivity index is 1.88. The average molecular weight is 331 g/mol. The first-order valence-electron chi connectivity index (χ1n) is 6.98. The van der Waals surface area contributed by atoms with E-state index in [1.165, 1.54) is 11.3 Å². The van der Waals surface area contributed by atoms with Crippen molar-refractivity contribution in [3.63, 3.8) is 0 Å². The number of nitrogens with one attached hydrogen (secondary N) is 2. The van der Waals surface area contributed by atoms with Crippen molar-refractivity contribution in [2.75, 3.05) is 0 Å². The number of hydrogen-bond acceptors (Lipinski definition) is 4. The maximum atomic E-state index is 12.0. The number of carbonyl (C=O) groups excluding carboxylic acids is 3. The van der Waals surface area contributed by atoms with Gasteiger partial charge in [-0.15, -0.1) is 11.3 Å². The fourth-order valence-electron chi connectivity index (χ4n) is 1.92. The minimum atomic E-state index is -0.663. The minimum Gasteiger partial charge on any atom is -0.366 e. The molecule has 0 spiro atoms. The molecule has 0 fully saturated rings. The number of rotatable bonds is 6. The molecule has 1 atom stereocenters. The molecule has 2 aromatic rings. The first-order valence-corrected chi connectivity index (χ1v) is 7.86. The van der Waals surface area contributed by atoms with Crippen molar-refractivity contribution in [1.82, 2.24) is 10.6 Å². The highest BCUT2D eigenvalue weighted by atomic mass is 32.1. The van der Waals surface area contributed by atoms with Gasteiger partial charge >= 0.3 is 0 Å². The Morgan fingerprint density at radius 3 is 2.65 bits per heavy atom. The van der Waals surface area contributed by atoms with Crippen LogP contribution in [0.2, 0.25) is 0 Å². The van der Waals surface area contributed by atoms with Crippen LogP contribution in [-0.2, 0) is 11.3 Å². The van der Waals surface area contributed by atoms with Crippen LogP contribution in [0.15, 0.2) is 41.8 Å². The summed E-state index contributed by atoms with van der Waals surface area (Å²) >= 11 is 1.31. The van der Waals surface area contributed by atoms with Crippen molar-refractivity contribution in [1.29, 1.82) is 0 Å². The Hall–Kier alpha value is -2.67. The largest absolute Gasteiger partial charge is 0.366 e. The summed E-state index contributed by atoms with van der Waals surface area (Å²) in [5.74, 6) is -1.10. The fourth-order valence-corrected chi connectivity index (χ4v) is 2.54. The Bertz CT molecular complexity index is 713. The van der Waals surface area contributed by atoms with Gasteiger partial charge in [-0.2, -0.15) is 0 Å². The maximum Gasteiger partial charge on any atom is 0.261 e. The quantitative estimate of drug-likeness (QED) is 0.743. The predicted molar refractivity (Wildman–Crippen MR) is 88.1 cm³/mol. The molecule has 3 amide bonds. The third kappa shape index (κ3) is 4.65. The second-order valence-electron chi connectivity index (χ2n) is 4.95. The van der Waals surface area contributed by atoms with Gasteiger partial charge in [-0.05, 0) is 36.1 Å². The fraction of sp³-hybridized carbons (Fsp3) is 0.188. The molecule has 0 aliphatic heterocycles. The summed E-state index contributed by atoms with van der Waals surface area (Å²) in [6.07, 6.45) is 0. The molecular weight excluding hydrogens is 314 g/mol. The second kappa shape index (κ2) is 7.55. The number of primary amides is 1. The standard InChI is InChI=1S/C16H17N3O3S/c1-10(19-16(22)13-6-3-7-23-13)15(21)18-9-11-4-2-5-12(8-11)14(17)20/h2-8,10H,9H2,1H3,(H2,17,20)(H,18,21)(H,19,22). The van der Waals surface area contributed by atoms with Crippen LogP contribution in [0.4, 0.5) is 0 Å². The van der Waals surface area contributed by atoms with E-state index in [4.69, 9.17) is 5.73 Å². The van der Waals surface area contributed by atoms with Crippen molar-refractivity contribution in [2.24, 2.45) is 5.73 Å². The van der Waals surface area contributed by atoms with Gasteiger partial charge in [0.05, 0.1) is 4.88 Å². The SMILES string of the molecule is CC(NC(=O)c1cccs1)C(=O)NCc1cccc(C(N)=O)c1.